The van der Waals surface area contributed by atoms with Crippen molar-refractivity contribution in [2.45, 2.75) is 26.4 Å². The molecule has 100 valence electrons. The average Bonchev–Trinajstić information content (AvgIpc) is 2.22. The first kappa shape index (κ1) is 13.3. The molecule has 2 fully saturated rings. The highest BCUT2D eigenvalue weighted by Crippen LogP contribution is 2.36. The number of ether oxygens (including phenoxy) is 1. The minimum Gasteiger partial charge on any atom is -0.380 e. The van der Waals surface area contributed by atoms with Crippen molar-refractivity contribution < 1.29 is 17.6 Å². The second kappa shape index (κ2) is 4.21. The molecule has 2 rings (SSSR count). The average molecular weight is 262 g/mol. The Balaban J connectivity index is 2.10. The van der Waals surface area contributed by atoms with Crippen LogP contribution in [-0.2, 0) is 14.6 Å². The van der Waals surface area contributed by atoms with Crippen LogP contribution in [0.5, 0.6) is 0 Å². The molecule has 5 heteroatoms. The lowest BCUT2D eigenvalue weighted by Gasteiger charge is -2.51. The molecular formula is C12H24NO3S+. The van der Waals surface area contributed by atoms with Crippen molar-refractivity contribution >= 4 is 9.84 Å². The molecule has 0 aromatic rings. The van der Waals surface area contributed by atoms with Gasteiger partial charge in [-0.05, 0) is 0 Å². The summed E-state index contributed by atoms with van der Waals surface area (Å²) in [4.78, 5) is 0. The zero-order valence-electron chi connectivity index (χ0n) is 11.1. The van der Waals surface area contributed by atoms with Crippen LogP contribution in [0.1, 0.15) is 20.3 Å². The van der Waals surface area contributed by atoms with Crippen molar-refractivity contribution in [2.24, 2.45) is 5.41 Å². The van der Waals surface area contributed by atoms with Gasteiger partial charge in [-0.25, -0.2) is 8.42 Å². The molecule has 2 aliphatic rings. The molecule has 0 radical (unpaired) electrons. The Morgan fingerprint density at radius 2 is 1.76 bits per heavy atom. The smallest absolute Gasteiger partial charge is 0.161 e. The van der Waals surface area contributed by atoms with E-state index < -0.39 is 9.84 Å². The molecule has 2 aliphatic heterocycles. The summed E-state index contributed by atoms with van der Waals surface area (Å²) >= 11 is 0. The second-order valence-electron chi connectivity index (χ2n) is 6.32. The predicted octanol–water partition coefficient (Wildman–Crippen LogP) is 0.677. The molecule has 1 unspecified atom stereocenters. The molecule has 2 heterocycles. The van der Waals surface area contributed by atoms with Gasteiger partial charge in [-0.15, -0.1) is 0 Å². The SMILES string of the molecule is COC1CC[N+]2(CCS(=O)(=O)CC2)CC1(C)C. The van der Waals surface area contributed by atoms with Gasteiger partial charge in [0.15, 0.2) is 9.84 Å². The molecule has 0 bridgehead atoms. The summed E-state index contributed by atoms with van der Waals surface area (Å²) in [6.07, 6.45) is 1.36. The molecule has 17 heavy (non-hydrogen) atoms. The first-order valence-corrected chi connectivity index (χ1v) is 8.19. The zero-order chi connectivity index (χ0) is 12.7. The van der Waals surface area contributed by atoms with Crippen LogP contribution in [0.4, 0.5) is 0 Å². The van der Waals surface area contributed by atoms with E-state index in [9.17, 15) is 8.42 Å². The van der Waals surface area contributed by atoms with E-state index in [1.807, 2.05) is 0 Å². The summed E-state index contributed by atoms with van der Waals surface area (Å²) < 4.78 is 29.6. The molecule has 2 saturated heterocycles. The van der Waals surface area contributed by atoms with E-state index in [1.54, 1.807) is 7.11 Å². The van der Waals surface area contributed by atoms with Crippen LogP contribution in [-0.4, -0.2) is 63.8 Å². The van der Waals surface area contributed by atoms with Crippen LogP contribution < -0.4 is 0 Å². The molecule has 1 atom stereocenters. The number of quaternary nitrogens is 1. The lowest BCUT2D eigenvalue weighted by Crippen LogP contribution is -2.65. The summed E-state index contributed by atoms with van der Waals surface area (Å²) in [5.41, 5.74) is 0.147. The van der Waals surface area contributed by atoms with Gasteiger partial charge in [-0.2, -0.15) is 0 Å². The fraction of sp³-hybridized carbons (Fsp3) is 1.00. The number of hydrogen-bond donors (Lipinski definition) is 0. The third kappa shape index (κ3) is 2.66. The van der Waals surface area contributed by atoms with E-state index in [-0.39, 0.29) is 5.41 Å². The largest absolute Gasteiger partial charge is 0.380 e. The Kier molecular flexibility index (Phi) is 3.30. The molecule has 1 spiro atoms. The summed E-state index contributed by atoms with van der Waals surface area (Å²) in [6.45, 7) is 8.18. The second-order valence-corrected chi connectivity index (χ2v) is 8.63. The molecule has 0 N–H and O–H groups in total. The van der Waals surface area contributed by atoms with E-state index in [1.165, 1.54) is 0 Å². The Morgan fingerprint density at radius 1 is 1.18 bits per heavy atom. The van der Waals surface area contributed by atoms with Crippen LogP contribution in [0.15, 0.2) is 0 Å². The van der Waals surface area contributed by atoms with E-state index in [0.717, 1.165) is 37.1 Å². The number of methoxy groups -OCH3 is 1. The van der Waals surface area contributed by atoms with Gasteiger partial charge >= 0.3 is 0 Å². The number of rotatable bonds is 1. The summed E-state index contributed by atoms with van der Waals surface area (Å²) in [5.74, 6) is 0.724. The van der Waals surface area contributed by atoms with Gasteiger partial charge in [-0.3, -0.25) is 0 Å². The molecule has 0 saturated carbocycles. The van der Waals surface area contributed by atoms with Gasteiger partial charge in [0.2, 0.25) is 0 Å². The Hall–Kier alpha value is -0.130. The van der Waals surface area contributed by atoms with Gasteiger partial charge in [0.25, 0.3) is 0 Å². The minimum atomic E-state index is -2.76. The lowest BCUT2D eigenvalue weighted by atomic mass is 9.79. The van der Waals surface area contributed by atoms with Crippen molar-refractivity contribution in [1.82, 2.24) is 0 Å². The van der Waals surface area contributed by atoms with Crippen molar-refractivity contribution in [3.8, 4) is 0 Å². The number of nitrogens with zero attached hydrogens (tertiary/aromatic N) is 1. The maximum Gasteiger partial charge on any atom is 0.161 e. The molecule has 0 aromatic carbocycles. The standard InChI is InChI=1S/C12H24NO3S/c1-12(2)10-13(5-4-11(12)16-3)6-8-17(14,15)9-7-13/h11H,4-10H2,1-3H3/q+1. The molecule has 0 aromatic heterocycles. The highest BCUT2D eigenvalue weighted by Gasteiger charge is 2.47. The van der Waals surface area contributed by atoms with E-state index in [4.69, 9.17) is 4.74 Å². The van der Waals surface area contributed by atoms with Crippen molar-refractivity contribution in [2.75, 3.05) is 44.8 Å². The van der Waals surface area contributed by atoms with Crippen molar-refractivity contribution in [3.05, 3.63) is 0 Å². The van der Waals surface area contributed by atoms with E-state index in [0.29, 0.717) is 17.6 Å². The van der Waals surface area contributed by atoms with Crippen LogP contribution in [0.3, 0.4) is 0 Å². The summed E-state index contributed by atoms with van der Waals surface area (Å²) in [5, 5.41) is 0. The quantitative estimate of drug-likeness (QED) is 0.653. The molecule has 0 amide bonds. The highest BCUT2D eigenvalue weighted by atomic mass is 32.2. The van der Waals surface area contributed by atoms with Gasteiger partial charge < -0.3 is 9.22 Å². The first-order valence-electron chi connectivity index (χ1n) is 6.37. The van der Waals surface area contributed by atoms with Gasteiger partial charge in [-0.1, -0.05) is 13.8 Å². The third-order valence-electron chi connectivity index (χ3n) is 4.52. The predicted molar refractivity (Wildman–Crippen MR) is 67.6 cm³/mol. The van der Waals surface area contributed by atoms with E-state index >= 15 is 0 Å². The van der Waals surface area contributed by atoms with Crippen LogP contribution in [0, 0.1) is 5.41 Å². The van der Waals surface area contributed by atoms with Crippen molar-refractivity contribution in [3.63, 3.8) is 0 Å². The maximum atomic E-state index is 11.5. The third-order valence-corrected chi connectivity index (χ3v) is 6.13. The Bertz CT molecular complexity index is 375. The Morgan fingerprint density at radius 3 is 2.24 bits per heavy atom. The number of hydrogen-bond acceptors (Lipinski definition) is 3. The monoisotopic (exact) mass is 262 g/mol. The number of piperidine rings is 1. The minimum absolute atomic E-state index is 0.147. The topological polar surface area (TPSA) is 43.4 Å². The van der Waals surface area contributed by atoms with Crippen molar-refractivity contribution in [1.29, 1.82) is 0 Å². The fourth-order valence-corrected chi connectivity index (χ4v) is 5.06. The molecular weight excluding hydrogens is 238 g/mol. The van der Waals surface area contributed by atoms with Crippen LogP contribution >= 0.6 is 0 Å². The van der Waals surface area contributed by atoms with Gasteiger partial charge in [0, 0.05) is 18.9 Å². The van der Waals surface area contributed by atoms with Gasteiger partial charge in [0.05, 0.1) is 43.8 Å². The molecule has 4 nitrogen and oxygen atoms in total. The first-order chi connectivity index (χ1) is 7.79. The Labute approximate surface area is 104 Å². The molecule has 0 aliphatic carbocycles. The zero-order valence-corrected chi connectivity index (χ0v) is 11.9. The lowest BCUT2D eigenvalue weighted by molar-refractivity contribution is -0.937. The van der Waals surface area contributed by atoms with E-state index in [2.05, 4.69) is 13.8 Å². The van der Waals surface area contributed by atoms with Crippen LogP contribution in [0.25, 0.3) is 0 Å². The highest BCUT2D eigenvalue weighted by molar-refractivity contribution is 7.91. The fourth-order valence-electron chi connectivity index (χ4n) is 3.53. The number of sulfone groups is 1. The van der Waals surface area contributed by atoms with Gasteiger partial charge in [0.1, 0.15) is 0 Å². The van der Waals surface area contributed by atoms with Crippen LogP contribution in [0.2, 0.25) is 0 Å². The summed E-state index contributed by atoms with van der Waals surface area (Å²) in [7, 11) is -0.981. The normalized spacial score (nSPS) is 34.6. The summed E-state index contributed by atoms with van der Waals surface area (Å²) in [6, 6.07) is 0. The maximum absolute atomic E-state index is 11.5.